The molecule has 0 aliphatic heterocycles. The number of nitrogens with zero attached hydrogens (tertiary/aromatic N) is 1. The molecular weight excluding hydrogens is 486 g/mol. The van der Waals surface area contributed by atoms with Crippen LogP contribution in [0.25, 0.3) is 22.3 Å². The molecule has 8 nitrogen and oxygen atoms in total. The standard InChI is InChI=1S/C30H39NO7/c1-5-6-7-8-9-10-11-12-13-19-14-21(18-31(37)30(2,3)4)25-24(15-19)38-29(28(36)27(25)35)20-16-22(32)26(34)23(33)17-20/h14-18,32-34,36H,5-13H2,1-4H3/b31-18+. The van der Waals surface area contributed by atoms with E-state index in [4.69, 9.17) is 4.42 Å². The van der Waals surface area contributed by atoms with E-state index in [1.54, 1.807) is 32.9 Å². The van der Waals surface area contributed by atoms with Gasteiger partial charge in [-0.25, -0.2) is 4.74 Å². The van der Waals surface area contributed by atoms with Crippen molar-refractivity contribution >= 4 is 17.2 Å². The third-order valence-corrected chi connectivity index (χ3v) is 6.63. The highest BCUT2D eigenvalue weighted by molar-refractivity contribution is 5.98. The van der Waals surface area contributed by atoms with Gasteiger partial charge in [0.2, 0.25) is 11.2 Å². The fourth-order valence-corrected chi connectivity index (χ4v) is 4.36. The Bertz CT molecular complexity index is 1340. The van der Waals surface area contributed by atoms with Crippen LogP contribution >= 0.6 is 0 Å². The molecule has 0 saturated carbocycles. The number of aromatic hydroxyl groups is 4. The molecule has 0 aliphatic carbocycles. The van der Waals surface area contributed by atoms with Gasteiger partial charge in [0.15, 0.2) is 34.8 Å². The van der Waals surface area contributed by atoms with Gasteiger partial charge in [-0.05, 0) is 42.7 Å². The number of hydrogen-bond acceptors (Lipinski definition) is 7. The van der Waals surface area contributed by atoms with Crippen LogP contribution in [0.15, 0.2) is 33.5 Å². The Labute approximate surface area is 223 Å². The van der Waals surface area contributed by atoms with E-state index >= 15 is 0 Å². The van der Waals surface area contributed by atoms with Crippen molar-refractivity contribution in [2.24, 2.45) is 0 Å². The second-order valence-electron chi connectivity index (χ2n) is 10.9. The molecule has 0 spiro atoms. The van der Waals surface area contributed by atoms with Crippen molar-refractivity contribution in [1.29, 1.82) is 0 Å². The van der Waals surface area contributed by atoms with Gasteiger partial charge in [-0.15, -0.1) is 0 Å². The lowest BCUT2D eigenvalue weighted by atomic mass is 9.99. The fraction of sp³-hybridized carbons (Fsp3) is 0.467. The maximum atomic E-state index is 13.3. The average molecular weight is 526 g/mol. The highest BCUT2D eigenvalue weighted by Crippen LogP contribution is 2.41. The van der Waals surface area contributed by atoms with Crippen molar-refractivity contribution in [2.75, 3.05) is 0 Å². The van der Waals surface area contributed by atoms with Crippen molar-refractivity contribution in [3.05, 3.63) is 50.8 Å². The molecule has 8 heteroatoms. The molecule has 3 rings (SSSR count). The first-order valence-corrected chi connectivity index (χ1v) is 13.3. The summed E-state index contributed by atoms with van der Waals surface area (Å²) in [5.41, 5.74) is -0.0970. The van der Waals surface area contributed by atoms with Gasteiger partial charge in [0, 0.05) is 26.3 Å². The number of fused-ring (bicyclic) bond motifs is 1. The van der Waals surface area contributed by atoms with Crippen LogP contribution in [0.5, 0.6) is 23.0 Å². The normalized spacial score (nSPS) is 12.4. The van der Waals surface area contributed by atoms with E-state index in [1.165, 1.54) is 38.3 Å². The minimum Gasteiger partial charge on any atom is -0.623 e. The first-order chi connectivity index (χ1) is 17.9. The van der Waals surface area contributed by atoms with Crippen LogP contribution in [0, 0.1) is 5.21 Å². The Hall–Kier alpha value is -3.68. The summed E-state index contributed by atoms with van der Waals surface area (Å²) in [4.78, 5) is 13.3. The summed E-state index contributed by atoms with van der Waals surface area (Å²) in [6.45, 7) is 7.47. The van der Waals surface area contributed by atoms with Gasteiger partial charge in [-0.2, -0.15) is 0 Å². The maximum absolute atomic E-state index is 13.3. The lowest BCUT2D eigenvalue weighted by Gasteiger charge is -2.19. The van der Waals surface area contributed by atoms with Crippen LogP contribution in [0.2, 0.25) is 0 Å². The van der Waals surface area contributed by atoms with E-state index in [0.29, 0.717) is 5.56 Å². The summed E-state index contributed by atoms with van der Waals surface area (Å²) in [6.07, 6.45) is 11.4. The summed E-state index contributed by atoms with van der Waals surface area (Å²) >= 11 is 0. The van der Waals surface area contributed by atoms with Crippen molar-refractivity contribution < 1.29 is 29.6 Å². The first kappa shape index (κ1) is 28.9. The van der Waals surface area contributed by atoms with Crippen molar-refractivity contribution in [3.8, 4) is 34.3 Å². The average Bonchev–Trinajstić information content (AvgIpc) is 2.85. The molecule has 0 bridgehead atoms. The molecule has 0 aliphatic rings. The molecule has 0 saturated heterocycles. The number of rotatable bonds is 11. The van der Waals surface area contributed by atoms with Crippen molar-refractivity contribution in [1.82, 2.24) is 0 Å². The Morgan fingerprint density at radius 3 is 2.03 bits per heavy atom. The second kappa shape index (κ2) is 12.2. The van der Waals surface area contributed by atoms with Gasteiger partial charge in [-0.1, -0.05) is 51.9 Å². The van der Waals surface area contributed by atoms with Crippen LogP contribution in [0.4, 0.5) is 0 Å². The summed E-state index contributed by atoms with van der Waals surface area (Å²) < 4.78 is 6.71. The molecule has 0 unspecified atom stereocenters. The molecule has 4 N–H and O–H groups in total. The largest absolute Gasteiger partial charge is 0.623 e. The summed E-state index contributed by atoms with van der Waals surface area (Å²) in [7, 11) is 0. The number of phenols is 3. The molecule has 206 valence electrons. The quantitative estimate of drug-likeness (QED) is 0.0546. The third kappa shape index (κ3) is 6.79. The lowest BCUT2D eigenvalue weighted by molar-refractivity contribution is -0.530. The van der Waals surface area contributed by atoms with Crippen LogP contribution in [-0.2, 0) is 6.42 Å². The van der Waals surface area contributed by atoms with Gasteiger partial charge in [0.1, 0.15) is 5.58 Å². The van der Waals surface area contributed by atoms with Crippen LogP contribution in [0.1, 0.15) is 90.2 Å². The van der Waals surface area contributed by atoms with Crippen LogP contribution in [0.3, 0.4) is 0 Å². The molecule has 1 heterocycles. The number of aryl methyl sites for hydroxylation is 1. The summed E-state index contributed by atoms with van der Waals surface area (Å²) in [6, 6.07) is 5.67. The van der Waals surface area contributed by atoms with Crippen molar-refractivity contribution in [2.45, 2.75) is 91.0 Å². The topological polar surface area (TPSA) is 137 Å². The van der Waals surface area contributed by atoms with Gasteiger partial charge >= 0.3 is 0 Å². The number of hydrogen-bond donors (Lipinski definition) is 4. The SMILES string of the molecule is CCCCCCCCCCc1cc(/C=[N+](/[O-])C(C)(C)C)c2c(=O)c(O)c(-c3cc(O)c(O)c(O)c3)oc2c1. The molecule has 3 aromatic rings. The Morgan fingerprint density at radius 2 is 1.45 bits per heavy atom. The summed E-state index contributed by atoms with van der Waals surface area (Å²) in [5.74, 6) is -2.99. The molecule has 1 aromatic heterocycles. The lowest BCUT2D eigenvalue weighted by Crippen LogP contribution is -2.29. The van der Waals surface area contributed by atoms with Crippen molar-refractivity contribution in [3.63, 3.8) is 0 Å². The van der Waals surface area contributed by atoms with Gasteiger partial charge in [-0.3, -0.25) is 4.79 Å². The Morgan fingerprint density at radius 1 is 0.868 bits per heavy atom. The van der Waals surface area contributed by atoms with Crippen LogP contribution in [-0.4, -0.2) is 36.9 Å². The fourth-order valence-electron chi connectivity index (χ4n) is 4.36. The maximum Gasteiger partial charge on any atom is 0.235 e. The minimum absolute atomic E-state index is 0.00782. The number of phenolic OH excluding ortho intramolecular Hbond substituents is 3. The molecular formula is C30H39NO7. The van der Waals surface area contributed by atoms with Gasteiger partial charge < -0.3 is 30.1 Å². The molecule has 0 amide bonds. The number of unbranched alkanes of at least 4 members (excludes halogenated alkanes) is 7. The highest BCUT2D eigenvalue weighted by atomic mass is 16.5. The predicted molar refractivity (Wildman–Crippen MR) is 149 cm³/mol. The van der Waals surface area contributed by atoms with E-state index in [2.05, 4.69) is 6.92 Å². The molecule has 0 atom stereocenters. The Balaban J connectivity index is 2.04. The van der Waals surface area contributed by atoms with Gasteiger partial charge in [0.25, 0.3) is 0 Å². The van der Waals surface area contributed by atoms with E-state index in [1.807, 2.05) is 0 Å². The van der Waals surface area contributed by atoms with Gasteiger partial charge in [0.05, 0.1) is 10.9 Å². The van der Waals surface area contributed by atoms with E-state index in [-0.39, 0.29) is 22.3 Å². The van der Waals surface area contributed by atoms with E-state index in [9.17, 15) is 30.4 Å². The zero-order valence-electron chi connectivity index (χ0n) is 22.7. The zero-order valence-corrected chi connectivity index (χ0v) is 22.7. The molecule has 38 heavy (non-hydrogen) atoms. The minimum atomic E-state index is -0.750. The molecule has 0 fully saturated rings. The molecule has 0 radical (unpaired) electrons. The number of hydroxylamine groups is 1. The molecule has 2 aromatic carbocycles. The second-order valence-corrected chi connectivity index (χ2v) is 10.9. The smallest absolute Gasteiger partial charge is 0.235 e. The summed E-state index contributed by atoms with van der Waals surface area (Å²) in [5, 5.41) is 53.1. The number of benzene rings is 2. The first-order valence-electron chi connectivity index (χ1n) is 13.3. The van der Waals surface area contributed by atoms with E-state index < -0.39 is 34.0 Å². The Kier molecular flexibility index (Phi) is 9.31. The van der Waals surface area contributed by atoms with Crippen LogP contribution < -0.4 is 5.43 Å². The third-order valence-electron chi connectivity index (χ3n) is 6.63. The van der Waals surface area contributed by atoms with E-state index in [0.717, 1.165) is 48.1 Å². The monoisotopic (exact) mass is 525 g/mol. The predicted octanol–water partition coefficient (Wildman–Crippen LogP) is 6.69. The zero-order chi connectivity index (χ0) is 28.0. The highest BCUT2D eigenvalue weighted by Gasteiger charge is 2.23.